The molecule has 1 N–H and O–H groups in total. The average molecular weight is 359 g/mol. The Morgan fingerprint density at radius 1 is 1.30 bits per heavy atom. The Balaban J connectivity index is 1.75. The van der Waals surface area contributed by atoms with Gasteiger partial charge in [0.1, 0.15) is 0 Å². The van der Waals surface area contributed by atoms with Gasteiger partial charge in [-0.05, 0) is 44.1 Å². The number of rotatable bonds is 5. The van der Waals surface area contributed by atoms with E-state index in [1.807, 2.05) is 0 Å². The molecule has 1 saturated heterocycles. The molecule has 7 heteroatoms. The lowest BCUT2D eigenvalue weighted by Crippen LogP contribution is -2.38. The molecular formula is C16H20Cl2N2O3. The van der Waals surface area contributed by atoms with Crippen LogP contribution in [0, 0.1) is 5.92 Å². The molecule has 1 aromatic carbocycles. The topological polar surface area (TPSA) is 58.6 Å². The maximum atomic E-state index is 12.0. The number of esters is 1. The second-order valence-corrected chi connectivity index (χ2v) is 6.41. The van der Waals surface area contributed by atoms with E-state index >= 15 is 0 Å². The Bertz CT molecular complexity index is 572. The Morgan fingerprint density at radius 2 is 2.00 bits per heavy atom. The highest BCUT2D eigenvalue weighted by molar-refractivity contribution is 6.35. The van der Waals surface area contributed by atoms with Crippen LogP contribution >= 0.6 is 23.2 Å². The van der Waals surface area contributed by atoms with E-state index in [-0.39, 0.29) is 17.8 Å². The number of nitrogens with zero attached hydrogens (tertiary/aromatic N) is 1. The molecule has 0 atom stereocenters. The van der Waals surface area contributed by atoms with E-state index in [9.17, 15) is 9.59 Å². The van der Waals surface area contributed by atoms with Crippen LogP contribution in [0.15, 0.2) is 18.2 Å². The van der Waals surface area contributed by atoms with Gasteiger partial charge in [0.2, 0.25) is 5.91 Å². The van der Waals surface area contributed by atoms with Crippen LogP contribution in [0.2, 0.25) is 10.0 Å². The summed E-state index contributed by atoms with van der Waals surface area (Å²) in [7, 11) is 1.42. The number of hydrogen-bond donors (Lipinski definition) is 1. The van der Waals surface area contributed by atoms with Crippen molar-refractivity contribution in [2.75, 3.05) is 32.1 Å². The van der Waals surface area contributed by atoms with E-state index < -0.39 is 0 Å². The number of ether oxygens (including phenoxy) is 1. The predicted molar refractivity (Wildman–Crippen MR) is 90.9 cm³/mol. The number of methoxy groups -OCH3 is 1. The third-order valence-electron chi connectivity index (χ3n) is 3.98. The molecule has 126 valence electrons. The molecule has 5 nitrogen and oxygen atoms in total. The molecule has 1 amide bonds. The summed E-state index contributed by atoms with van der Waals surface area (Å²) in [6.45, 7) is 2.24. The van der Waals surface area contributed by atoms with E-state index in [1.54, 1.807) is 18.2 Å². The quantitative estimate of drug-likeness (QED) is 0.821. The highest BCUT2D eigenvalue weighted by atomic mass is 35.5. The van der Waals surface area contributed by atoms with Crippen molar-refractivity contribution in [1.82, 2.24) is 4.90 Å². The smallest absolute Gasteiger partial charge is 0.308 e. The zero-order valence-electron chi connectivity index (χ0n) is 13.0. The van der Waals surface area contributed by atoms with Gasteiger partial charge in [0.15, 0.2) is 0 Å². The highest BCUT2D eigenvalue weighted by Crippen LogP contribution is 2.25. The zero-order chi connectivity index (χ0) is 16.8. The molecule has 0 radical (unpaired) electrons. The first-order valence-corrected chi connectivity index (χ1v) is 8.30. The molecule has 1 aromatic rings. The third kappa shape index (κ3) is 5.37. The van der Waals surface area contributed by atoms with Gasteiger partial charge in [-0.2, -0.15) is 0 Å². The number of anilines is 1. The molecule has 0 saturated carbocycles. The zero-order valence-corrected chi connectivity index (χ0v) is 14.5. The number of halogens is 2. The SMILES string of the molecule is COC(=O)C1CCN(CCC(=O)Nc2cc(Cl)ccc2Cl)CC1. The van der Waals surface area contributed by atoms with Crippen molar-refractivity contribution in [3.8, 4) is 0 Å². The lowest BCUT2D eigenvalue weighted by molar-refractivity contribution is -0.147. The van der Waals surface area contributed by atoms with Crippen LogP contribution in [0.25, 0.3) is 0 Å². The average Bonchev–Trinajstić information content (AvgIpc) is 2.56. The van der Waals surface area contributed by atoms with Crippen molar-refractivity contribution in [2.24, 2.45) is 5.92 Å². The number of carbonyl (C=O) groups is 2. The molecule has 0 spiro atoms. The summed E-state index contributed by atoms with van der Waals surface area (Å²) in [5.74, 6) is -0.266. The van der Waals surface area contributed by atoms with Gasteiger partial charge in [0, 0.05) is 18.0 Å². The largest absolute Gasteiger partial charge is 0.469 e. The second kappa shape index (κ2) is 8.52. The summed E-state index contributed by atoms with van der Waals surface area (Å²) in [6, 6.07) is 4.95. The first-order valence-electron chi connectivity index (χ1n) is 7.54. The van der Waals surface area contributed by atoms with E-state index in [0.29, 0.717) is 28.7 Å². The van der Waals surface area contributed by atoms with Crippen LogP contribution in [0.5, 0.6) is 0 Å². The van der Waals surface area contributed by atoms with Gasteiger partial charge in [-0.15, -0.1) is 0 Å². The van der Waals surface area contributed by atoms with Gasteiger partial charge in [0.25, 0.3) is 0 Å². The second-order valence-electron chi connectivity index (χ2n) is 5.56. The molecule has 1 aliphatic heterocycles. The summed E-state index contributed by atoms with van der Waals surface area (Å²) < 4.78 is 4.77. The summed E-state index contributed by atoms with van der Waals surface area (Å²) >= 11 is 11.9. The minimum absolute atomic E-state index is 0.0182. The first-order chi connectivity index (χ1) is 11.0. The number of piperidine rings is 1. The van der Waals surface area contributed by atoms with Crippen molar-refractivity contribution in [2.45, 2.75) is 19.3 Å². The number of likely N-dealkylation sites (tertiary alicyclic amines) is 1. The lowest BCUT2D eigenvalue weighted by atomic mass is 9.97. The van der Waals surface area contributed by atoms with Crippen molar-refractivity contribution in [3.63, 3.8) is 0 Å². The first kappa shape index (κ1) is 18.0. The van der Waals surface area contributed by atoms with Gasteiger partial charge in [-0.25, -0.2) is 0 Å². The normalized spacial score (nSPS) is 16.1. The fourth-order valence-electron chi connectivity index (χ4n) is 2.62. The Morgan fingerprint density at radius 3 is 2.65 bits per heavy atom. The van der Waals surface area contributed by atoms with Crippen molar-refractivity contribution in [1.29, 1.82) is 0 Å². The molecule has 1 fully saturated rings. The maximum Gasteiger partial charge on any atom is 0.308 e. The fraction of sp³-hybridized carbons (Fsp3) is 0.500. The van der Waals surface area contributed by atoms with Crippen LogP contribution in [0.4, 0.5) is 5.69 Å². The minimum atomic E-state index is -0.141. The Labute approximate surface area is 145 Å². The van der Waals surface area contributed by atoms with E-state index in [0.717, 1.165) is 25.9 Å². The van der Waals surface area contributed by atoms with Crippen LogP contribution in [0.1, 0.15) is 19.3 Å². The summed E-state index contributed by atoms with van der Waals surface area (Å²) in [6.07, 6.45) is 1.91. The molecule has 2 rings (SSSR count). The summed E-state index contributed by atoms with van der Waals surface area (Å²) in [5, 5.41) is 3.75. The van der Waals surface area contributed by atoms with Gasteiger partial charge < -0.3 is 15.0 Å². The monoisotopic (exact) mass is 358 g/mol. The van der Waals surface area contributed by atoms with Crippen LogP contribution in [-0.2, 0) is 14.3 Å². The number of amides is 1. The van der Waals surface area contributed by atoms with Gasteiger partial charge >= 0.3 is 5.97 Å². The Kier molecular flexibility index (Phi) is 6.69. The highest BCUT2D eigenvalue weighted by Gasteiger charge is 2.25. The summed E-state index contributed by atoms with van der Waals surface area (Å²) in [4.78, 5) is 25.7. The molecule has 0 aromatic heterocycles. The fourth-order valence-corrected chi connectivity index (χ4v) is 2.96. The maximum absolute atomic E-state index is 12.0. The third-order valence-corrected chi connectivity index (χ3v) is 4.54. The molecule has 23 heavy (non-hydrogen) atoms. The number of hydrogen-bond acceptors (Lipinski definition) is 4. The Hall–Kier alpha value is -1.30. The summed E-state index contributed by atoms with van der Waals surface area (Å²) in [5.41, 5.74) is 0.522. The van der Waals surface area contributed by atoms with E-state index in [1.165, 1.54) is 7.11 Å². The molecule has 0 unspecified atom stereocenters. The number of nitrogens with one attached hydrogen (secondary N) is 1. The molecule has 1 aliphatic rings. The molecular weight excluding hydrogens is 339 g/mol. The van der Waals surface area contributed by atoms with Gasteiger partial charge in [0.05, 0.1) is 23.7 Å². The van der Waals surface area contributed by atoms with Crippen molar-refractivity contribution in [3.05, 3.63) is 28.2 Å². The van der Waals surface area contributed by atoms with E-state index in [4.69, 9.17) is 27.9 Å². The number of benzene rings is 1. The predicted octanol–water partition coefficient (Wildman–Crippen LogP) is 3.21. The molecule has 0 aliphatic carbocycles. The van der Waals surface area contributed by atoms with Gasteiger partial charge in [-0.1, -0.05) is 23.2 Å². The molecule has 1 heterocycles. The van der Waals surface area contributed by atoms with Crippen molar-refractivity contribution >= 4 is 40.8 Å². The number of carbonyl (C=O) groups excluding carboxylic acids is 2. The van der Waals surface area contributed by atoms with Crippen LogP contribution in [-0.4, -0.2) is 43.5 Å². The van der Waals surface area contributed by atoms with Gasteiger partial charge in [-0.3, -0.25) is 9.59 Å². The van der Waals surface area contributed by atoms with Crippen molar-refractivity contribution < 1.29 is 14.3 Å². The molecule has 0 bridgehead atoms. The minimum Gasteiger partial charge on any atom is -0.469 e. The lowest BCUT2D eigenvalue weighted by Gasteiger charge is -2.30. The van der Waals surface area contributed by atoms with E-state index in [2.05, 4.69) is 10.2 Å². The van der Waals surface area contributed by atoms with Crippen LogP contribution < -0.4 is 5.32 Å². The standard InChI is InChI=1S/C16H20Cl2N2O3/c1-23-16(22)11-4-7-20(8-5-11)9-6-15(21)19-14-10-12(17)2-3-13(14)18/h2-3,10-11H,4-9H2,1H3,(H,19,21). The van der Waals surface area contributed by atoms with Crippen LogP contribution in [0.3, 0.4) is 0 Å².